The Balaban J connectivity index is 1.84. The predicted molar refractivity (Wildman–Crippen MR) is 74.7 cm³/mol. The molecular formula is C14H20N4O2. The van der Waals surface area contributed by atoms with Gasteiger partial charge in [0.05, 0.1) is 0 Å². The monoisotopic (exact) mass is 276 g/mol. The summed E-state index contributed by atoms with van der Waals surface area (Å²) in [5.41, 5.74) is 5.17. The lowest BCUT2D eigenvalue weighted by molar-refractivity contribution is 0.0994. The summed E-state index contributed by atoms with van der Waals surface area (Å²) < 4.78 is 1.72. The fraction of sp³-hybridized carbons (Fsp3) is 0.643. The second-order valence-electron chi connectivity index (χ2n) is 5.68. The van der Waals surface area contributed by atoms with Crippen molar-refractivity contribution in [2.45, 2.75) is 38.1 Å². The summed E-state index contributed by atoms with van der Waals surface area (Å²) in [7, 11) is 0. The van der Waals surface area contributed by atoms with Crippen molar-refractivity contribution >= 4 is 5.91 Å². The van der Waals surface area contributed by atoms with Crippen LogP contribution in [0.2, 0.25) is 0 Å². The van der Waals surface area contributed by atoms with Crippen molar-refractivity contribution in [3.63, 3.8) is 0 Å². The number of primary amides is 1. The molecule has 6 nitrogen and oxygen atoms in total. The number of rotatable bonds is 5. The smallest absolute Gasteiger partial charge is 0.267 e. The molecule has 0 bridgehead atoms. The second kappa shape index (κ2) is 5.36. The van der Waals surface area contributed by atoms with Crippen molar-refractivity contribution in [1.29, 1.82) is 0 Å². The van der Waals surface area contributed by atoms with Gasteiger partial charge in [0.2, 0.25) is 0 Å². The fourth-order valence-electron chi connectivity index (χ4n) is 2.78. The topological polar surface area (TPSA) is 81.2 Å². The number of carbonyl (C=O) groups is 1. The third kappa shape index (κ3) is 2.75. The van der Waals surface area contributed by atoms with Gasteiger partial charge < -0.3 is 10.6 Å². The SMILES string of the molecule is NC(=O)c1cc(=O)n(CCN2CCCC2)c(C2CC2)n1. The van der Waals surface area contributed by atoms with Gasteiger partial charge in [-0.15, -0.1) is 0 Å². The molecule has 2 aliphatic rings. The van der Waals surface area contributed by atoms with E-state index >= 15 is 0 Å². The van der Waals surface area contributed by atoms with E-state index in [1.165, 1.54) is 18.9 Å². The lowest BCUT2D eigenvalue weighted by Gasteiger charge is -2.17. The van der Waals surface area contributed by atoms with E-state index in [0.29, 0.717) is 12.5 Å². The Kier molecular flexibility index (Phi) is 3.56. The number of nitrogens with two attached hydrogens (primary N) is 1. The summed E-state index contributed by atoms with van der Waals surface area (Å²) in [6, 6.07) is 1.26. The molecule has 0 radical (unpaired) electrons. The molecule has 2 heterocycles. The minimum atomic E-state index is -0.629. The lowest BCUT2D eigenvalue weighted by atomic mass is 10.3. The van der Waals surface area contributed by atoms with Gasteiger partial charge in [0.15, 0.2) is 0 Å². The molecule has 1 aromatic rings. The van der Waals surface area contributed by atoms with Gasteiger partial charge in [0, 0.05) is 25.1 Å². The van der Waals surface area contributed by atoms with Crippen LogP contribution in [0.1, 0.15) is 47.9 Å². The van der Waals surface area contributed by atoms with E-state index < -0.39 is 5.91 Å². The van der Waals surface area contributed by atoms with Crippen LogP contribution < -0.4 is 11.3 Å². The zero-order valence-electron chi connectivity index (χ0n) is 11.5. The summed E-state index contributed by atoms with van der Waals surface area (Å²) >= 11 is 0. The first-order valence-corrected chi connectivity index (χ1v) is 7.29. The highest BCUT2D eigenvalue weighted by atomic mass is 16.1. The van der Waals surface area contributed by atoms with Crippen molar-refractivity contribution in [3.05, 3.63) is 27.9 Å². The molecule has 1 amide bonds. The second-order valence-corrected chi connectivity index (χ2v) is 5.68. The van der Waals surface area contributed by atoms with E-state index in [2.05, 4.69) is 9.88 Å². The van der Waals surface area contributed by atoms with Crippen LogP contribution in [-0.2, 0) is 6.54 Å². The van der Waals surface area contributed by atoms with E-state index in [1.807, 2.05) is 0 Å². The average molecular weight is 276 g/mol. The number of hydrogen-bond acceptors (Lipinski definition) is 4. The molecule has 1 aromatic heterocycles. The summed E-state index contributed by atoms with van der Waals surface area (Å²) in [6.45, 7) is 3.74. The van der Waals surface area contributed by atoms with Crippen LogP contribution in [0.15, 0.2) is 10.9 Å². The molecule has 6 heteroatoms. The number of likely N-dealkylation sites (tertiary alicyclic amines) is 1. The van der Waals surface area contributed by atoms with E-state index in [1.54, 1.807) is 4.57 Å². The summed E-state index contributed by atoms with van der Waals surface area (Å²) in [6.07, 6.45) is 4.56. The van der Waals surface area contributed by atoms with Crippen molar-refractivity contribution in [2.75, 3.05) is 19.6 Å². The highest BCUT2D eigenvalue weighted by molar-refractivity contribution is 5.90. The molecule has 0 aromatic carbocycles. The third-order valence-electron chi connectivity index (χ3n) is 4.07. The Morgan fingerprint density at radius 2 is 2.00 bits per heavy atom. The Morgan fingerprint density at radius 3 is 2.60 bits per heavy atom. The first-order valence-electron chi connectivity index (χ1n) is 7.29. The van der Waals surface area contributed by atoms with Crippen LogP contribution in [0.3, 0.4) is 0 Å². The van der Waals surface area contributed by atoms with Crippen molar-refractivity contribution in [2.24, 2.45) is 5.73 Å². The van der Waals surface area contributed by atoms with Gasteiger partial charge in [-0.25, -0.2) is 4.98 Å². The molecule has 1 aliphatic heterocycles. The number of carbonyl (C=O) groups excluding carboxylic acids is 1. The quantitative estimate of drug-likeness (QED) is 0.839. The number of aromatic nitrogens is 2. The summed E-state index contributed by atoms with van der Waals surface area (Å²) in [5, 5.41) is 0. The molecule has 0 unspecified atom stereocenters. The van der Waals surface area contributed by atoms with Gasteiger partial charge in [0.1, 0.15) is 11.5 Å². The Hall–Kier alpha value is -1.69. The van der Waals surface area contributed by atoms with Crippen molar-refractivity contribution in [1.82, 2.24) is 14.5 Å². The zero-order valence-corrected chi connectivity index (χ0v) is 11.5. The highest BCUT2D eigenvalue weighted by Gasteiger charge is 2.29. The molecule has 108 valence electrons. The van der Waals surface area contributed by atoms with Crippen molar-refractivity contribution in [3.8, 4) is 0 Å². The number of nitrogens with zero attached hydrogens (tertiary/aromatic N) is 3. The van der Waals surface area contributed by atoms with E-state index in [0.717, 1.165) is 38.3 Å². The van der Waals surface area contributed by atoms with E-state index in [4.69, 9.17) is 5.73 Å². The van der Waals surface area contributed by atoms with Crippen LogP contribution in [0, 0.1) is 0 Å². The van der Waals surface area contributed by atoms with Crippen LogP contribution in [-0.4, -0.2) is 40.0 Å². The molecule has 1 saturated heterocycles. The van der Waals surface area contributed by atoms with Gasteiger partial charge in [-0.2, -0.15) is 0 Å². The summed E-state index contributed by atoms with van der Waals surface area (Å²) in [4.78, 5) is 30.1. The first kappa shape index (κ1) is 13.3. The molecule has 0 atom stereocenters. The average Bonchev–Trinajstić information content (AvgIpc) is 3.13. The fourth-order valence-corrected chi connectivity index (χ4v) is 2.78. The molecule has 3 rings (SSSR count). The zero-order chi connectivity index (χ0) is 14.1. The van der Waals surface area contributed by atoms with E-state index in [9.17, 15) is 9.59 Å². The molecule has 1 saturated carbocycles. The maximum atomic E-state index is 12.2. The van der Waals surface area contributed by atoms with Gasteiger partial charge in [-0.05, 0) is 38.8 Å². The lowest BCUT2D eigenvalue weighted by Crippen LogP contribution is -2.33. The van der Waals surface area contributed by atoms with Crippen LogP contribution >= 0.6 is 0 Å². The van der Waals surface area contributed by atoms with Gasteiger partial charge in [-0.1, -0.05) is 0 Å². The Morgan fingerprint density at radius 1 is 1.30 bits per heavy atom. The van der Waals surface area contributed by atoms with Crippen LogP contribution in [0.25, 0.3) is 0 Å². The Labute approximate surface area is 117 Å². The maximum Gasteiger partial charge on any atom is 0.267 e. The third-order valence-corrected chi connectivity index (χ3v) is 4.07. The molecule has 1 aliphatic carbocycles. The van der Waals surface area contributed by atoms with Gasteiger partial charge >= 0.3 is 0 Å². The minimum absolute atomic E-state index is 0.0920. The minimum Gasteiger partial charge on any atom is -0.364 e. The van der Waals surface area contributed by atoms with Crippen molar-refractivity contribution < 1.29 is 4.79 Å². The molecule has 2 N–H and O–H groups in total. The largest absolute Gasteiger partial charge is 0.364 e. The van der Waals surface area contributed by atoms with E-state index in [-0.39, 0.29) is 11.3 Å². The van der Waals surface area contributed by atoms with Crippen LogP contribution in [0.4, 0.5) is 0 Å². The number of hydrogen-bond donors (Lipinski definition) is 1. The first-order chi connectivity index (χ1) is 9.65. The van der Waals surface area contributed by atoms with Gasteiger partial charge in [-0.3, -0.25) is 14.2 Å². The van der Waals surface area contributed by atoms with Crippen LogP contribution in [0.5, 0.6) is 0 Å². The normalized spacial score (nSPS) is 19.4. The molecule has 0 spiro atoms. The molecule has 2 fully saturated rings. The predicted octanol–water partition coefficient (Wildman–Crippen LogP) is 0.315. The highest BCUT2D eigenvalue weighted by Crippen LogP contribution is 2.38. The standard InChI is InChI=1S/C14H20N4O2/c15-13(20)11-9-12(19)18(14(16-11)10-3-4-10)8-7-17-5-1-2-6-17/h9-10H,1-8H2,(H2,15,20). The molecule has 20 heavy (non-hydrogen) atoms. The van der Waals surface area contributed by atoms with Gasteiger partial charge in [0.25, 0.3) is 11.5 Å². The summed E-state index contributed by atoms with van der Waals surface area (Å²) in [5.74, 6) is 0.432. The Bertz CT molecular complexity index is 571. The molecular weight excluding hydrogens is 256 g/mol. The number of amides is 1. The maximum absolute atomic E-state index is 12.2.